The molecule has 0 aliphatic rings. The molecule has 0 aliphatic heterocycles. The van der Waals surface area contributed by atoms with Crippen LogP contribution in [0.5, 0.6) is 0 Å². The van der Waals surface area contributed by atoms with Crippen molar-refractivity contribution in [3.63, 3.8) is 0 Å². The van der Waals surface area contributed by atoms with Crippen LogP contribution in [0, 0.1) is 0 Å². The maximum absolute atomic E-state index is 12.0. The zero-order valence-electron chi connectivity index (χ0n) is 12.4. The molecule has 9 heteroatoms. The molecule has 1 amide bonds. The summed E-state index contributed by atoms with van der Waals surface area (Å²) in [4.78, 5) is 12.2. The summed E-state index contributed by atoms with van der Waals surface area (Å²) in [6, 6.07) is 0. The van der Waals surface area contributed by atoms with Gasteiger partial charge >= 0.3 is 0 Å². The lowest BCUT2D eigenvalue weighted by molar-refractivity contribution is 0.0958. The summed E-state index contributed by atoms with van der Waals surface area (Å²) < 4.78 is 28.7. The normalized spacial score (nSPS) is 11.4. The topological polar surface area (TPSA) is 111 Å². The number of anilines is 2. The average Bonchev–Trinajstić information content (AvgIpc) is 2.73. The van der Waals surface area contributed by atoms with E-state index in [2.05, 4.69) is 10.6 Å². The molecule has 4 N–H and O–H groups in total. The molecule has 0 aromatic carbocycles. The molecule has 0 bridgehead atoms. The van der Waals surface area contributed by atoms with E-state index in [1.807, 2.05) is 6.92 Å². The van der Waals surface area contributed by atoms with Crippen molar-refractivity contribution >= 4 is 37.8 Å². The van der Waals surface area contributed by atoms with Crippen LogP contribution in [0.25, 0.3) is 0 Å². The second kappa shape index (κ2) is 7.62. The number of ether oxygens (including phenoxy) is 1. The van der Waals surface area contributed by atoms with Crippen LogP contribution in [-0.2, 0) is 14.6 Å². The van der Waals surface area contributed by atoms with E-state index < -0.39 is 9.84 Å². The Hall–Kier alpha value is -1.32. The van der Waals surface area contributed by atoms with Gasteiger partial charge in [-0.15, -0.1) is 11.3 Å². The minimum atomic E-state index is -3.53. The van der Waals surface area contributed by atoms with Gasteiger partial charge in [-0.05, 0) is 6.42 Å². The van der Waals surface area contributed by atoms with Gasteiger partial charge in [0.2, 0.25) is 0 Å². The van der Waals surface area contributed by atoms with Crippen molar-refractivity contribution in [1.29, 1.82) is 0 Å². The molecule has 120 valence electrons. The Labute approximate surface area is 128 Å². The van der Waals surface area contributed by atoms with Crippen molar-refractivity contribution in [3.8, 4) is 0 Å². The smallest absolute Gasteiger partial charge is 0.263 e. The Bertz CT molecular complexity index is 596. The summed E-state index contributed by atoms with van der Waals surface area (Å²) >= 11 is 1.04. The van der Waals surface area contributed by atoms with E-state index >= 15 is 0 Å². The minimum Gasteiger partial charge on any atom is -0.396 e. The van der Waals surface area contributed by atoms with Crippen molar-refractivity contribution in [1.82, 2.24) is 5.32 Å². The van der Waals surface area contributed by atoms with E-state index in [-0.39, 0.29) is 21.4 Å². The van der Waals surface area contributed by atoms with Crippen LogP contribution in [0.1, 0.15) is 23.0 Å². The summed E-state index contributed by atoms with van der Waals surface area (Å²) in [5.74, 6) is -0.357. The Kier molecular flexibility index (Phi) is 6.43. The Morgan fingerprint density at radius 2 is 2.05 bits per heavy atom. The second-order valence-corrected chi connectivity index (χ2v) is 7.42. The fourth-order valence-corrected chi connectivity index (χ4v) is 4.18. The fraction of sp³-hybridized carbons (Fsp3) is 0.583. The molecule has 1 heterocycles. The van der Waals surface area contributed by atoms with Crippen LogP contribution >= 0.6 is 11.3 Å². The molecule has 1 aromatic heterocycles. The van der Waals surface area contributed by atoms with Gasteiger partial charge in [0.15, 0.2) is 9.84 Å². The summed E-state index contributed by atoms with van der Waals surface area (Å²) in [5, 5.41) is 6.01. The summed E-state index contributed by atoms with van der Waals surface area (Å²) in [7, 11) is -1.99. The number of nitrogen functional groups attached to an aromatic ring is 1. The number of rotatable bonds is 8. The molecule has 0 unspecified atom stereocenters. The molecule has 1 aromatic rings. The van der Waals surface area contributed by atoms with Crippen LogP contribution in [0.2, 0.25) is 0 Å². The van der Waals surface area contributed by atoms with E-state index in [0.29, 0.717) is 24.7 Å². The largest absolute Gasteiger partial charge is 0.396 e. The highest BCUT2D eigenvalue weighted by Gasteiger charge is 2.26. The number of nitrogens with one attached hydrogen (secondary N) is 2. The predicted octanol–water partition coefficient (Wildman–Crippen LogP) is 0.932. The van der Waals surface area contributed by atoms with Gasteiger partial charge in [-0.3, -0.25) is 4.79 Å². The Morgan fingerprint density at radius 3 is 2.57 bits per heavy atom. The van der Waals surface area contributed by atoms with E-state index in [1.54, 1.807) is 7.11 Å². The number of hydrogen-bond donors (Lipinski definition) is 3. The van der Waals surface area contributed by atoms with Crippen molar-refractivity contribution in [2.45, 2.75) is 18.2 Å². The SMILES string of the molecule is CCCNC(=O)c1sc(NCCOC)c(S(C)(=O)=O)c1N. The van der Waals surface area contributed by atoms with Gasteiger partial charge in [-0.25, -0.2) is 8.42 Å². The van der Waals surface area contributed by atoms with Crippen LogP contribution in [0.15, 0.2) is 4.90 Å². The Morgan fingerprint density at radius 1 is 1.38 bits per heavy atom. The number of sulfone groups is 1. The van der Waals surface area contributed by atoms with Crippen molar-refractivity contribution in [3.05, 3.63) is 4.88 Å². The zero-order chi connectivity index (χ0) is 16.0. The lowest BCUT2D eigenvalue weighted by Gasteiger charge is -2.05. The van der Waals surface area contributed by atoms with Crippen LogP contribution < -0.4 is 16.4 Å². The van der Waals surface area contributed by atoms with Gasteiger partial charge in [0, 0.05) is 26.5 Å². The van der Waals surface area contributed by atoms with Gasteiger partial charge < -0.3 is 21.1 Å². The fourth-order valence-electron chi connectivity index (χ4n) is 1.67. The highest BCUT2D eigenvalue weighted by Crippen LogP contribution is 2.39. The first kappa shape index (κ1) is 17.7. The summed E-state index contributed by atoms with van der Waals surface area (Å²) in [6.07, 6.45) is 1.86. The predicted molar refractivity (Wildman–Crippen MR) is 84.8 cm³/mol. The molecule has 7 nitrogen and oxygen atoms in total. The molecule has 0 fully saturated rings. The monoisotopic (exact) mass is 335 g/mol. The van der Waals surface area contributed by atoms with Crippen molar-refractivity contribution in [2.75, 3.05) is 44.1 Å². The molecule has 0 radical (unpaired) electrons. The molecule has 0 saturated heterocycles. The molecule has 0 saturated carbocycles. The molecule has 21 heavy (non-hydrogen) atoms. The maximum atomic E-state index is 12.0. The molecular formula is C12H21N3O4S2. The van der Waals surface area contributed by atoms with Crippen LogP contribution in [0.3, 0.4) is 0 Å². The standard InChI is InChI=1S/C12H21N3O4S2/c1-4-5-14-11(16)9-8(13)10(21(3,17)18)12(20-9)15-6-7-19-2/h15H,4-7,13H2,1-3H3,(H,14,16). The lowest BCUT2D eigenvalue weighted by atomic mass is 10.3. The Balaban J connectivity index is 3.15. The summed E-state index contributed by atoms with van der Waals surface area (Å²) in [6.45, 7) is 3.28. The summed E-state index contributed by atoms with van der Waals surface area (Å²) in [5.41, 5.74) is 5.86. The second-order valence-electron chi connectivity index (χ2n) is 4.45. The van der Waals surface area contributed by atoms with E-state index in [0.717, 1.165) is 24.0 Å². The number of thiophene rings is 1. The first-order valence-electron chi connectivity index (χ1n) is 6.46. The third-order valence-corrected chi connectivity index (χ3v) is 5.06. The minimum absolute atomic E-state index is 0.00369. The number of methoxy groups -OCH3 is 1. The number of nitrogens with two attached hydrogens (primary N) is 1. The van der Waals surface area contributed by atoms with Crippen molar-refractivity contribution in [2.24, 2.45) is 0 Å². The zero-order valence-corrected chi connectivity index (χ0v) is 14.0. The maximum Gasteiger partial charge on any atom is 0.263 e. The number of carbonyl (C=O) groups is 1. The average molecular weight is 335 g/mol. The molecule has 0 aliphatic carbocycles. The quantitative estimate of drug-likeness (QED) is 0.610. The van der Waals surface area contributed by atoms with Crippen LogP contribution in [-0.4, -0.2) is 47.4 Å². The highest BCUT2D eigenvalue weighted by molar-refractivity contribution is 7.91. The first-order chi connectivity index (χ1) is 9.82. The van der Waals surface area contributed by atoms with Gasteiger partial charge in [-0.2, -0.15) is 0 Å². The number of hydrogen-bond acceptors (Lipinski definition) is 7. The third-order valence-electron chi connectivity index (χ3n) is 2.60. The van der Waals surface area contributed by atoms with Crippen molar-refractivity contribution < 1.29 is 17.9 Å². The van der Waals surface area contributed by atoms with Gasteiger partial charge in [0.1, 0.15) is 14.8 Å². The molecule has 1 rings (SSSR count). The number of amides is 1. The van der Waals surface area contributed by atoms with E-state index in [1.165, 1.54) is 0 Å². The van der Waals surface area contributed by atoms with E-state index in [4.69, 9.17) is 10.5 Å². The van der Waals surface area contributed by atoms with Gasteiger partial charge in [0.25, 0.3) is 5.91 Å². The van der Waals surface area contributed by atoms with Gasteiger partial charge in [-0.1, -0.05) is 6.92 Å². The van der Waals surface area contributed by atoms with Crippen LogP contribution in [0.4, 0.5) is 10.7 Å². The molecular weight excluding hydrogens is 314 g/mol. The molecule has 0 spiro atoms. The van der Waals surface area contributed by atoms with Gasteiger partial charge in [0.05, 0.1) is 12.3 Å². The lowest BCUT2D eigenvalue weighted by Crippen LogP contribution is -2.24. The first-order valence-corrected chi connectivity index (χ1v) is 9.17. The van der Waals surface area contributed by atoms with E-state index in [9.17, 15) is 13.2 Å². The molecule has 0 atom stereocenters. The number of carbonyl (C=O) groups excluding carboxylic acids is 1. The third kappa shape index (κ3) is 4.58. The highest BCUT2D eigenvalue weighted by atomic mass is 32.2.